The van der Waals surface area contributed by atoms with E-state index < -0.39 is 47.1 Å². The third-order valence-electron chi connectivity index (χ3n) is 13.0. The van der Waals surface area contributed by atoms with Crippen LogP contribution in [-0.2, 0) is 21.5 Å². The first-order valence-electron chi connectivity index (χ1n) is 22.3. The molecular formula is C52H48BrF5N6O3. The van der Waals surface area contributed by atoms with Gasteiger partial charge in [-0.2, -0.15) is 18.3 Å². The lowest BCUT2D eigenvalue weighted by molar-refractivity contribution is -0.171. The average Bonchev–Trinajstić information content (AvgIpc) is 3.66. The van der Waals surface area contributed by atoms with Crippen LogP contribution >= 0.6 is 15.9 Å². The van der Waals surface area contributed by atoms with Gasteiger partial charge in [0.15, 0.2) is 5.82 Å². The predicted molar refractivity (Wildman–Crippen MR) is 254 cm³/mol. The normalized spacial score (nSPS) is 17.5. The van der Waals surface area contributed by atoms with Crippen LogP contribution in [-0.4, -0.2) is 85.2 Å². The molecule has 2 fully saturated rings. The van der Waals surface area contributed by atoms with Gasteiger partial charge in [-0.05, 0) is 90.9 Å². The highest BCUT2D eigenvalue weighted by atomic mass is 79.9. The number of carbonyl (C=O) groups is 2. The van der Waals surface area contributed by atoms with Crippen LogP contribution in [0.15, 0.2) is 150 Å². The molecule has 3 aliphatic rings. The molecular weight excluding hydrogens is 932 g/mol. The number of amides is 2. The highest BCUT2D eigenvalue weighted by Gasteiger charge is 2.47. The lowest BCUT2D eigenvalue weighted by atomic mass is 9.77. The van der Waals surface area contributed by atoms with Crippen molar-refractivity contribution in [3.63, 3.8) is 0 Å². The minimum Gasteiger partial charge on any atom is -0.381 e. The van der Waals surface area contributed by atoms with E-state index in [-0.39, 0.29) is 56.0 Å². The first-order valence-corrected chi connectivity index (χ1v) is 23.1. The Bertz CT molecular complexity index is 2730. The molecule has 6 aromatic rings. The van der Waals surface area contributed by atoms with Gasteiger partial charge in [0, 0.05) is 73.5 Å². The van der Waals surface area contributed by atoms with Crippen LogP contribution in [0.2, 0.25) is 0 Å². The van der Waals surface area contributed by atoms with Crippen molar-refractivity contribution >= 4 is 55.8 Å². The topological polar surface area (TPSA) is 82.9 Å². The largest absolute Gasteiger partial charge is 0.471 e. The summed E-state index contributed by atoms with van der Waals surface area (Å²) in [6.07, 6.45) is -2.50. The molecule has 0 spiro atoms. The number of aromatic nitrogens is 2. The van der Waals surface area contributed by atoms with Crippen molar-refractivity contribution in [2.45, 2.75) is 43.4 Å². The molecule has 0 radical (unpaired) electrons. The van der Waals surface area contributed by atoms with Crippen molar-refractivity contribution in [2.24, 2.45) is 5.92 Å². The summed E-state index contributed by atoms with van der Waals surface area (Å²) in [4.78, 5) is 33.7. The van der Waals surface area contributed by atoms with Crippen LogP contribution in [0.4, 0.5) is 39.1 Å². The molecule has 1 unspecified atom stereocenters. The number of carbonyl (C=O) groups excluding carboxylic acids is 2. The van der Waals surface area contributed by atoms with Crippen LogP contribution in [0.3, 0.4) is 0 Å². The zero-order valence-corrected chi connectivity index (χ0v) is 38.2. The fourth-order valence-corrected chi connectivity index (χ4v) is 10.2. The first kappa shape index (κ1) is 46.0. The summed E-state index contributed by atoms with van der Waals surface area (Å²) in [7, 11) is 1.99. The summed E-state index contributed by atoms with van der Waals surface area (Å²) in [5.41, 5.74) is 2.79. The van der Waals surface area contributed by atoms with Crippen molar-refractivity contribution < 1.29 is 36.3 Å². The lowest BCUT2D eigenvalue weighted by Gasteiger charge is -2.37. The minimum absolute atomic E-state index is 0.00689. The molecule has 0 saturated carbocycles. The second-order valence-electron chi connectivity index (χ2n) is 17.3. The highest BCUT2D eigenvalue weighted by molar-refractivity contribution is 9.10. The Hall–Kier alpha value is -6.16. The predicted octanol–water partition coefficient (Wildman–Crippen LogP) is 11.0. The molecule has 67 heavy (non-hydrogen) atoms. The van der Waals surface area contributed by atoms with Crippen LogP contribution < -0.4 is 15.1 Å². The molecule has 9 nitrogen and oxygen atoms in total. The zero-order valence-electron chi connectivity index (χ0n) is 36.7. The van der Waals surface area contributed by atoms with E-state index in [1.54, 1.807) is 6.07 Å². The van der Waals surface area contributed by atoms with Crippen LogP contribution in [0, 0.1) is 5.92 Å². The van der Waals surface area contributed by atoms with E-state index in [0.29, 0.717) is 52.8 Å². The Balaban J connectivity index is 1.25. The number of alkyl halides is 3. The number of benzene rings is 5. The monoisotopic (exact) mass is 978 g/mol. The number of likely N-dealkylation sites (N-methyl/N-ethyl adjacent to an activating group) is 1. The first-order chi connectivity index (χ1) is 32.3. The molecule has 5 aromatic carbocycles. The van der Waals surface area contributed by atoms with E-state index in [4.69, 9.17) is 9.84 Å². The number of nitrogens with one attached hydrogen (secondary N) is 1. The summed E-state index contributed by atoms with van der Waals surface area (Å²) < 4.78 is 81.3. The number of halogens is 6. The summed E-state index contributed by atoms with van der Waals surface area (Å²) in [6, 6.07) is 36.8. The van der Waals surface area contributed by atoms with Crippen molar-refractivity contribution in [3.05, 3.63) is 177 Å². The number of hydrogen-bond acceptors (Lipinski definition) is 6. The molecule has 1 aromatic heterocycles. The van der Waals surface area contributed by atoms with E-state index in [9.17, 15) is 26.7 Å². The maximum Gasteiger partial charge on any atom is 0.471 e. The lowest BCUT2D eigenvalue weighted by Crippen LogP contribution is -2.50. The Kier molecular flexibility index (Phi) is 13.2. The molecule has 2 amide bonds. The third-order valence-corrected chi connectivity index (χ3v) is 13.7. The number of rotatable bonds is 11. The van der Waals surface area contributed by atoms with Crippen LogP contribution in [0.5, 0.6) is 0 Å². The SMILES string of the molecule is CN1CCN(c2ccc(C(=O)Nc3nn(C(c4ccccc4)(c4ccccc4)c4ccccc4)c4cc(Br)c(CC5C=C(F)C=C(F)C5)cc34)c(N(C(=O)C(F)(F)F)C3CCOCC3)c2)CC1. The number of hydrogen-bond donors (Lipinski definition) is 1. The van der Waals surface area contributed by atoms with Crippen molar-refractivity contribution in [3.8, 4) is 0 Å². The van der Waals surface area contributed by atoms with Gasteiger partial charge in [-0.3, -0.25) is 9.59 Å². The van der Waals surface area contributed by atoms with Gasteiger partial charge >= 0.3 is 12.1 Å². The third kappa shape index (κ3) is 9.28. The molecule has 0 bridgehead atoms. The van der Waals surface area contributed by atoms with Crippen LogP contribution in [0.1, 0.15) is 51.9 Å². The van der Waals surface area contributed by atoms with Crippen molar-refractivity contribution in [1.29, 1.82) is 0 Å². The Labute approximate surface area is 393 Å². The second kappa shape index (κ2) is 19.2. The quantitative estimate of drug-likeness (QED) is 0.103. The maximum atomic E-state index is 15.1. The van der Waals surface area contributed by atoms with E-state index in [0.717, 1.165) is 27.7 Å². The van der Waals surface area contributed by atoms with Gasteiger partial charge in [-0.15, -0.1) is 0 Å². The molecule has 2 aliphatic heterocycles. The van der Waals surface area contributed by atoms with Crippen molar-refractivity contribution in [1.82, 2.24) is 14.7 Å². The summed E-state index contributed by atoms with van der Waals surface area (Å²) in [5.74, 6) is -4.56. The van der Waals surface area contributed by atoms with E-state index in [1.165, 1.54) is 18.2 Å². The van der Waals surface area contributed by atoms with Gasteiger partial charge in [0.05, 0.1) is 16.8 Å². The molecule has 2 saturated heterocycles. The summed E-state index contributed by atoms with van der Waals surface area (Å²) >= 11 is 3.78. The number of fused-ring (bicyclic) bond motifs is 1. The fourth-order valence-electron chi connectivity index (χ4n) is 9.69. The Morgan fingerprint density at radius 2 is 1.42 bits per heavy atom. The summed E-state index contributed by atoms with van der Waals surface area (Å²) in [5, 5.41) is 8.74. The smallest absolute Gasteiger partial charge is 0.381 e. The fraction of sp³-hybridized carbons (Fsp3) is 0.288. The van der Waals surface area contributed by atoms with E-state index in [1.807, 2.05) is 120 Å². The van der Waals surface area contributed by atoms with Gasteiger partial charge in [0.25, 0.3) is 5.91 Å². The van der Waals surface area contributed by atoms with Crippen molar-refractivity contribution in [2.75, 3.05) is 61.6 Å². The van der Waals surface area contributed by atoms with E-state index in [2.05, 4.69) is 26.1 Å². The molecule has 3 heterocycles. The van der Waals surface area contributed by atoms with Gasteiger partial charge in [-0.25, -0.2) is 13.5 Å². The number of allylic oxidation sites excluding steroid dienone is 4. The Morgan fingerprint density at radius 1 is 0.821 bits per heavy atom. The summed E-state index contributed by atoms with van der Waals surface area (Å²) in [6.45, 7) is 2.89. The molecule has 346 valence electrons. The molecule has 15 heteroatoms. The molecule has 1 aliphatic carbocycles. The number of nitrogens with zero attached hydrogens (tertiary/aromatic N) is 5. The van der Waals surface area contributed by atoms with Gasteiger partial charge < -0.3 is 24.8 Å². The number of piperazine rings is 1. The maximum absolute atomic E-state index is 15.1. The van der Waals surface area contributed by atoms with Gasteiger partial charge in [0.2, 0.25) is 0 Å². The molecule has 1 N–H and O–H groups in total. The second-order valence-corrected chi connectivity index (χ2v) is 18.2. The standard InChI is InChI=1S/C52H48BrF5N6O3/c1-61-21-23-62(24-22-61)42-17-18-43(46(32-42)63(50(66)52(56,57)58)41-19-25-67-26-20-41)49(65)59-48-44-30-35(27-34-28-39(54)31-40(55)29-34)45(53)33-47(44)64(60-48)51(36-11-5-2-6-12-36,37-13-7-3-8-14-37)38-15-9-4-10-16-38/h2-18,28,30-34,41H,19-27,29H2,1H3,(H,59,60,65). The number of anilines is 3. The van der Waals surface area contributed by atoms with E-state index >= 15 is 4.79 Å². The van der Waals surface area contributed by atoms with Gasteiger partial charge in [-0.1, -0.05) is 107 Å². The highest BCUT2D eigenvalue weighted by Crippen LogP contribution is 2.45. The Morgan fingerprint density at radius 3 is 1.99 bits per heavy atom. The average molecular weight is 980 g/mol. The van der Waals surface area contributed by atoms with Gasteiger partial charge in [0.1, 0.15) is 17.2 Å². The minimum atomic E-state index is -5.25. The van der Waals surface area contributed by atoms with Crippen LogP contribution in [0.25, 0.3) is 10.9 Å². The number of ether oxygens (including phenoxy) is 1. The zero-order chi connectivity index (χ0) is 46.9. The molecule has 9 rings (SSSR count). The molecule has 1 atom stereocenters.